The number of para-hydroxylation sites is 3. The smallest absolute Gasteiger partial charge is 0.292 e. The van der Waals surface area contributed by atoms with E-state index in [1.54, 1.807) is 18.2 Å². The van der Waals surface area contributed by atoms with Gasteiger partial charge in [0, 0.05) is 17.4 Å². The number of nitro benzene ring substituents is 1. The van der Waals surface area contributed by atoms with Crippen LogP contribution in [0.5, 0.6) is 0 Å². The molecule has 0 fully saturated rings. The molecule has 4 rings (SSSR count). The number of halogens is 1. The third-order valence-corrected chi connectivity index (χ3v) is 5.65. The zero-order valence-corrected chi connectivity index (χ0v) is 18.5. The largest absolute Gasteiger partial charge is 0.378 e. The van der Waals surface area contributed by atoms with E-state index in [4.69, 9.17) is 0 Å². The maximum Gasteiger partial charge on any atom is 0.292 e. The van der Waals surface area contributed by atoms with Crippen molar-refractivity contribution in [2.24, 2.45) is 0 Å². The minimum absolute atomic E-state index is 0.0254. The quantitative estimate of drug-likeness (QED) is 0.204. The maximum absolute atomic E-state index is 13.2. The fourth-order valence-corrected chi connectivity index (χ4v) is 3.92. The number of hydrogen-bond acceptors (Lipinski definition) is 7. The summed E-state index contributed by atoms with van der Waals surface area (Å²) >= 11 is 1.16. The van der Waals surface area contributed by atoms with Crippen LogP contribution < -0.4 is 10.6 Å². The summed E-state index contributed by atoms with van der Waals surface area (Å²) in [4.78, 5) is 23.1. The second-order valence-corrected chi connectivity index (χ2v) is 7.98. The molecule has 0 atom stereocenters. The van der Waals surface area contributed by atoms with Crippen LogP contribution in [0.25, 0.3) is 5.69 Å². The SMILES string of the molecule is O=C(CSc1nnc(CNc2ccc(F)cc2)n1-c1ccccc1)Nc1ccccc1[N+](=O)[O-]. The van der Waals surface area contributed by atoms with Crippen LogP contribution in [0.1, 0.15) is 5.82 Å². The highest BCUT2D eigenvalue weighted by atomic mass is 32.2. The predicted molar refractivity (Wildman–Crippen MR) is 128 cm³/mol. The molecular formula is C23H19FN6O3S. The lowest BCUT2D eigenvalue weighted by Crippen LogP contribution is -2.15. The normalized spacial score (nSPS) is 10.6. The van der Waals surface area contributed by atoms with Gasteiger partial charge in [-0.15, -0.1) is 10.2 Å². The van der Waals surface area contributed by atoms with Crippen LogP contribution >= 0.6 is 11.8 Å². The molecule has 2 N–H and O–H groups in total. The molecule has 0 aliphatic carbocycles. The summed E-state index contributed by atoms with van der Waals surface area (Å²) in [7, 11) is 0. The van der Waals surface area contributed by atoms with E-state index in [9.17, 15) is 19.3 Å². The van der Waals surface area contributed by atoms with Gasteiger partial charge in [-0.2, -0.15) is 0 Å². The molecule has 0 radical (unpaired) electrons. The molecule has 3 aromatic carbocycles. The summed E-state index contributed by atoms with van der Waals surface area (Å²) in [6.45, 7) is 0.316. The Kier molecular flexibility index (Phi) is 7.13. The molecule has 11 heteroatoms. The first-order chi connectivity index (χ1) is 16.5. The van der Waals surface area contributed by atoms with Crippen LogP contribution in [0.2, 0.25) is 0 Å². The number of carbonyl (C=O) groups excluding carboxylic acids is 1. The van der Waals surface area contributed by atoms with Crippen molar-refractivity contribution in [3.05, 3.63) is 101 Å². The van der Waals surface area contributed by atoms with E-state index >= 15 is 0 Å². The van der Waals surface area contributed by atoms with Gasteiger partial charge in [0.25, 0.3) is 5.69 Å². The van der Waals surface area contributed by atoms with Crippen LogP contribution in [0.15, 0.2) is 84.0 Å². The van der Waals surface area contributed by atoms with Crippen molar-refractivity contribution in [2.75, 3.05) is 16.4 Å². The Hall–Kier alpha value is -4.25. The molecule has 0 aliphatic rings. The van der Waals surface area contributed by atoms with E-state index in [0.717, 1.165) is 23.1 Å². The Morgan fingerprint density at radius 1 is 1.00 bits per heavy atom. The molecule has 172 valence electrons. The zero-order valence-electron chi connectivity index (χ0n) is 17.7. The van der Waals surface area contributed by atoms with Gasteiger partial charge in [-0.1, -0.05) is 42.1 Å². The van der Waals surface area contributed by atoms with Gasteiger partial charge in [-0.3, -0.25) is 19.5 Å². The third-order valence-electron chi connectivity index (χ3n) is 4.72. The minimum Gasteiger partial charge on any atom is -0.378 e. The Morgan fingerprint density at radius 3 is 2.44 bits per heavy atom. The van der Waals surface area contributed by atoms with E-state index in [0.29, 0.717) is 17.5 Å². The first-order valence-electron chi connectivity index (χ1n) is 10.2. The molecule has 0 saturated heterocycles. The van der Waals surface area contributed by atoms with Gasteiger partial charge < -0.3 is 10.6 Å². The molecular weight excluding hydrogens is 459 g/mol. The van der Waals surface area contributed by atoms with E-state index < -0.39 is 10.8 Å². The first kappa shape index (κ1) is 22.9. The van der Waals surface area contributed by atoms with Crippen molar-refractivity contribution in [1.82, 2.24) is 14.8 Å². The topological polar surface area (TPSA) is 115 Å². The average Bonchev–Trinajstić information content (AvgIpc) is 3.26. The molecule has 1 aromatic heterocycles. The van der Waals surface area contributed by atoms with Gasteiger partial charge in [-0.25, -0.2) is 4.39 Å². The Balaban J connectivity index is 1.49. The highest BCUT2D eigenvalue weighted by molar-refractivity contribution is 7.99. The highest BCUT2D eigenvalue weighted by Crippen LogP contribution is 2.25. The number of amides is 1. The number of rotatable bonds is 9. The van der Waals surface area contributed by atoms with Crippen molar-refractivity contribution < 1.29 is 14.1 Å². The van der Waals surface area contributed by atoms with Gasteiger partial charge in [-0.05, 0) is 42.5 Å². The molecule has 34 heavy (non-hydrogen) atoms. The molecule has 0 bridgehead atoms. The molecule has 0 unspecified atom stereocenters. The second-order valence-electron chi connectivity index (χ2n) is 7.04. The number of aromatic nitrogens is 3. The Labute approximate surface area is 198 Å². The fraction of sp³-hybridized carbons (Fsp3) is 0.0870. The molecule has 0 saturated carbocycles. The number of nitrogens with one attached hydrogen (secondary N) is 2. The van der Waals surface area contributed by atoms with Crippen molar-refractivity contribution >= 4 is 34.7 Å². The van der Waals surface area contributed by atoms with E-state index in [1.165, 1.54) is 30.3 Å². The number of benzene rings is 3. The molecule has 9 nitrogen and oxygen atoms in total. The molecule has 1 amide bonds. The molecule has 4 aromatic rings. The van der Waals surface area contributed by atoms with Crippen LogP contribution in [-0.2, 0) is 11.3 Å². The van der Waals surface area contributed by atoms with Gasteiger partial charge in [0.15, 0.2) is 11.0 Å². The number of hydrogen-bond donors (Lipinski definition) is 2. The summed E-state index contributed by atoms with van der Waals surface area (Å²) in [5, 5.41) is 25.9. The average molecular weight is 479 g/mol. The Morgan fingerprint density at radius 2 is 1.71 bits per heavy atom. The summed E-state index contributed by atoms with van der Waals surface area (Å²) in [5.41, 5.74) is 1.49. The van der Waals surface area contributed by atoms with Gasteiger partial charge in [0.1, 0.15) is 11.5 Å². The third kappa shape index (κ3) is 5.56. The summed E-state index contributed by atoms with van der Waals surface area (Å²) < 4.78 is 15.0. The highest BCUT2D eigenvalue weighted by Gasteiger charge is 2.18. The predicted octanol–water partition coefficient (Wildman–Crippen LogP) is 4.66. The van der Waals surface area contributed by atoms with Gasteiger partial charge in [0.2, 0.25) is 5.91 Å². The van der Waals surface area contributed by atoms with Gasteiger partial charge in [0.05, 0.1) is 17.2 Å². The van der Waals surface area contributed by atoms with E-state index in [2.05, 4.69) is 20.8 Å². The maximum atomic E-state index is 13.2. The van der Waals surface area contributed by atoms with Gasteiger partial charge >= 0.3 is 0 Å². The van der Waals surface area contributed by atoms with E-state index in [1.807, 2.05) is 34.9 Å². The number of carbonyl (C=O) groups is 1. The second kappa shape index (κ2) is 10.6. The number of nitro groups is 1. The first-order valence-corrected chi connectivity index (χ1v) is 11.1. The Bertz CT molecular complexity index is 1300. The fourth-order valence-electron chi connectivity index (χ4n) is 3.15. The number of anilines is 2. The van der Waals surface area contributed by atoms with Crippen molar-refractivity contribution in [3.8, 4) is 5.69 Å². The molecule has 0 aliphatic heterocycles. The zero-order chi connectivity index (χ0) is 23.9. The van der Waals surface area contributed by atoms with E-state index in [-0.39, 0.29) is 22.9 Å². The van der Waals surface area contributed by atoms with Crippen LogP contribution in [0.4, 0.5) is 21.5 Å². The lowest BCUT2D eigenvalue weighted by Gasteiger charge is -2.11. The summed E-state index contributed by atoms with van der Waals surface area (Å²) in [6, 6.07) is 21.4. The van der Waals surface area contributed by atoms with Crippen molar-refractivity contribution in [2.45, 2.75) is 11.7 Å². The summed E-state index contributed by atoms with van der Waals surface area (Å²) in [6.07, 6.45) is 0. The standard InChI is InChI=1S/C23H19FN6O3S/c24-16-10-12-17(13-11-16)25-14-21-27-28-23(29(21)18-6-2-1-3-7-18)34-15-22(31)26-19-8-4-5-9-20(19)30(32)33/h1-13,25H,14-15H2,(H,26,31). The van der Waals surface area contributed by atoms with Crippen LogP contribution in [0.3, 0.4) is 0 Å². The monoisotopic (exact) mass is 478 g/mol. The minimum atomic E-state index is -0.546. The lowest BCUT2D eigenvalue weighted by molar-refractivity contribution is -0.383. The van der Waals surface area contributed by atoms with Crippen LogP contribution in [-0.4, -0.2) is 31.3 Å². The van der Waals surface area contributed by atoms with Crippen molar-refractivity contribution in [1.29, 1.82) is 0 Å². The van der Waals surface area contributed by atoms with Crippen molar-refractivity contribution in [3.63, 3.8) is 0 Å². The number of nitrogens with zero attached hydrogens (tertiary/aromatic N) is 4. The molecule has 1 heterocycles. The number of thioether (sulfide) groups is 1. The van der Waals surface area contributed by atoms with Crippen LogP contribution in [0, 0.1) is 15.9 Å². The molecule has 0 spiro atoms. The summed E-state index contributed by atoms with van der Waals surface area (Å²) in [5.74, 6) is -0.164. The lowest BCUT2D eigenvalue weighted by atomic mass is 10.2.